The van der Waals surface area contributed by atoms with Crippen molar-refractivity contribution in [3.8, 4) is 5.75 Å². The summed E-state index contributed by atoms with van der Waals surface area (Å²) in [6.07, 6.45) is 0.212. The highest BCUT2D eigenvalue weighted by molar-refractivity contribution is 14.1. The van der Waals surface area contributed by atoms with Crippen LogP contribution in [0.1, 0.15) is 18.0 Å². The third-order valence-corrected chi connectivity index (χ3v) is 3.06. The van der Waals surface area contributed by atoms with Crippen molar-refractivity contribution < 1.29 is 9.53 Å². The first-order chi connectivity index (χ1) is 6.58. The Morgan fingerprint density at radius 2 is 2.20 bits per heavy atom. The Labute approximate surface area is 112 Å². The predicted molar refractivity (Wildman–Crippen MR) is 68.6 cm³/mol. The van der Waals surface area contributed by atoms with Gasteiger partial charge in [-0.05, 0) is 34.7 Å². The third-order valence-electron chi connectivity index (χ3n) is 2.04. The van der Waals surface area contributed by atoms with Crippen LogP contribution in [0.15, 0.2) is 12.1 Å². The lowest BCUT2D eigenvalue weighted by atomic mass is 10.0. The fourth-order valence-corrected chi connectivity index (χ4v) is 2.58. The van der Waals surface area contributed by atoms with Crippen LogP contribution in [0.3, 0.4) is 0 Å². The highest BCUT2D eigenvalue weighted by Crippen LogP contribution is 2.37. The zero-order valence-corrected chi connectivity index (χ0v) is 11.2. The quantitative estimate of drug-likeness (QED) is 0.440. The van der Waals surface area contributed by atoms with Gasteiger partial charge in [0.05, 0.1) is 9.99 Å². The van der Waals surface area contributed by atoms with Crippen LogP contribution >= 0.6 is 46.6 Å². The molecule has 1 heterocycles. The van der Waals surface area contributed by atoms with Gasteiger partial charge in [0.1, 0.15) is 5.75 Å². The summed E-state index contributed by atoms with van der Waals surface area (Å²) < 4.78 is 5.92. The van der Waals surface area contributed by atoms with E-state index in [1.165, 1.54) is 0 Å². The fourth-order valence-electron chi connectivity index (χ4n) is 1.41. The summed E-state index contributed by atoms with van der Waals surface area (Å²) >= 11 is 7.95. The molecule has 1 aromatic carbocycles. The molecule has 0 unspecified atom stereocenters. The van der Waals surface area contributed by atoms with Crippen LogP contribution in [0.5, 0.6) is 5.75 Å². The molecule has 1 aliphatic heterocycles. The van der Waals surface area contributed by atoms with Gasteiger partial charge in [0.25, 0.3) is 0 Å². The smallest absolute Gasteiger partial charge is 0.313 e. The van der Waals surface area contributed by atoms with Crippen molar-refractivity contribution in [2.45, 2.75) is 12.5 Å². The second kappa shape index (κ2) is 4.86. The van der Waals surface area contributed by atoms with Crippen LogP contribution in [0.4, 0.5) is 0 Å². The minimum absolute atomic E-state index is 0. The number of nitrogens with two attached hydrogens (primary N) is 1. The number of hydrogen-bond donors (Lipinski definition) is 1. The summed E-state index contributed by atoms with van der Waals surface area (Å²) in [5, 5.41) is 0.613. The van der Waals surface area contributed by atoms with E-state index in [1.807, 2.05) is 0 Å². The fraction of sp³-hybridized carbons (Fsp3) is 0.222. The zero-order chi connectivity index (χ0) is 10.3. The molecule has 1 aliphatic rings. The van der Waals surface area contributed by atoms with E-state index in [4.69, 9.17) is 22.1 Å². The molecule has 1 atom stereocenters. The molecule has 0 saturated heterocycles. The number of fused-ring (bicyclic) bond motifs is 1. The lowest BCUT2D eigenvalue weighted by Gasteiger charge is -2.22. The second-order valence-electron chi connectivity index (χ2n) is 3.09. The molecule has 2 rings (SSSR count). The van der Waals surface area contributed by atoms with Crippen molar-refractivity contribution in [2.24, 2.45) is 5.73 Å². The van der Waals surface area contributed by atoms with Gasteiger partial charge in [-0.3, -0.25) is 4.79 Å². The Morgan fingerprint density at radius 3 is 2.87 bits per heavy atom. The molecule has 0 amide bonds. The van der Waals surface area contributed by atoms with Crippen molar-refractivity contribution >= 4 is 52.6 Å². The lowest BCUT2D eigenvalue weighted by molar-refractivity contribution is -0.135. The van der Waals surface area contributed by atoms with Crippen LogP contribution in [0, 0.1) is 3.57 Å². The highest BCUT2D eigenvalue weighted by Gasteiger charge is 2.26. The number of carbonyl (C=O) groups is 1. The number of rotatable bonds is 0. The molecule has 0 aliphatic carbocycles. The van der Waals surface area contributed by atoms with Crippen LogP contribution in [-0.2, 0) is 4.79 Å². The molecule has 0 radical (unpaired) electrons. The first-order valence-corrected chi connectivity index (χ1v) is 5.49. The number of halogens is 3. The van der Waals surface area contributed by atoms with Gasteiger partial charge >= 0.3 is 5.97 Å². The summed E-state index contributed by atoms with van der Waals surface area (Å²) in [7, 11) is 0. The van der Waals surface area contributed by atoms with E-state index in [2.05, 4.69) is 22.6 Å². The Balaban J connectivity index is 0.00000112. The maximum absolute atomic E-state index is 11.1. The molecule has 6 heteroatoms. The topological polar surface area (TPSA) is 52.3 Å². The molecule has 0 saturated carbocycles. The Bertz CT molecular complexity index is 411. The summed E-state index contributed by atoms with van der Waals surface area (Å²) in [6.45, 7) is 0. The molecular weight excluding hydrogens is 352 g/mol. The van der Waals surface area contributed by atoms with Crippen molar-refractivity contribution in [1.29, 1.82) is 0 Å². The number of hydrogen-bond acceptors (Lipinski definition) is 3. The number of esters is 1. The lowest BCUT2D eigenvalue weighted by Crippen LogP contribution is -2.25. The minimum Gasteiger partial charge on any atom is -0.425 e. The minimum atomic E-state index is -0.307. The SMILES string of the molecule is Cl.N[C@H]1CC(=O)Oc2c(I)cc(Cl)cc21. The van der Waals surface area contributed by atoms with Gasteiger partial charge in [-0.2, -0.15) is 0 Å². The van der Waals surface area contributed by atoms with E-state index >= 15 is 0 Å². The standard InChI is InChI=1S/C9H7ClINO2.ClH/c10-4-1-5-7(12)3-8(13)14-9(5)6(11)2-4;/h1-2,7H,3,12H2;1H/t7-;/m0./s1. The third kappa shape index (κ3) is 2.55. The Hall–Kier alpha value is -0.0400. The van der Waals surface area contributed by atoms with Crippen LogP contribution in [-0.4, -0.2) is 5.97 Å². The normalized spacial score (nSPS) is 18.9. The summed E-state index contributed by atoms with van der Waals surface area (Å²) in [6, 6.07) is 3.18. The van der Waals surface area contributed by atoms with E-state index in [1.54, 1.807) is 12.1 Å². The van der Waals surface area contributed by atoms with E-state index in [0.717, 1.165) is 9.13 Å². The van der Waals surface area contributed by atoms with Crippen molar-refractivity contribution in [3.63, 3.8) is 0 Å². The molecule has 0 aromatic heterocycles. The zero-order valence-electron chi connectivity index (χ0n) is 7.50. The first-order valence-electron chi connectivity index (χ1n) is 4.03. The van der Waals surface area contributed by atoms with Gasteiger partial charge in [-0.25, -0.2) is 0 Å². The van der Waals surface area contributed by atoms with Gasteiger partial charge < -0.3 is 10.5 Å². The van der Waals surface area contributed by atoms with Crippen LogP contribution in [0.25, 0.3) is 0 Å². The Kier molecular flexibility index (Phi) is 4.22. The highest BCUT2D eigenvalue weighted by atomic mass is 127. The molecule has 2 N–H and O–H groups in total. The van der Waals surface area contributed by atoms with E-state index in [0.29, 0.717) is 10.8 Å². The number of carbonyl (C=O) groups excluding carboxylic acids is 1. The summed E-state index contributed by atoms with van der Waals surface area (Å²) in [4.78, 5) is 11.1. The van der Waals surface area contributed by atoms with Crippen LogP contribution in [0.2, 0.25) is 5.02 Å². The van der Waals surface area contributed by atoms with Gasteiger partial charge in [-0.1, -0.05) is 11.6 Å². The van der Waals surface area contributed by atoms with Crippen molar-refractivity contribution in [2.75, 3.05) is 0 Å². The maximum Gasteiger partial charge on any atom is 0.313 e. The molecule has 3 nitrogen and oxygen atoms in total. The largest absolute Gasteiger partial charge is 0.425 e. The maximum atomic E-state index is 11.1. The van der Waals surface area contributed by atoms with E-state index < -0.39 is 0 Å². The summed E-state index contributed by atoms with van der Waals surface area (Å²) in [5.74, 6) is 0.268. The molecular formula is C9H8Cl2INO2. The van der Waals surface area contributed by atoms with Gasteiger partial charge in [0.15, 0.2) is 0 Å². The van der Waals surface area contributed by atoms with Crippen LogP contribution < -0.4 is 10.5 Å². The van der Waals surface area contributed by atoms with Crippen molar-refractivity contribution in [3.05, 3.63) is 26.3 Å². The average molecular weight is 360 g/mol. The second-order valence-corrected chi connectivity index (χ2v) is 4.69. The molecule has 82 valence electrons. The number of benzene rings is 1. The molecule has 0 spiro atoms. The molecule has 0 bridgehead atoms. The Morgan fingerprint density at radius 1 is 1.53 bits per heavy atom. The van der Waals surface area contributed by atoms with E-state index in [-0.39, 0.29) is 30.8 Å². The monoisotopic (exact) mass is 359 g/mol. The predicted octanol–water partition coefficient (Wildman–Crippen LogP) is 2.68. The molecule has 0 fully saturated rings. The average Bonchev–Trinajstić information content (AvgIpc) is 2.07. The van der Waals surface area contributed by atoms with E-state index in [9.17, 15) is 4.79 Å². The number of ether oxygens (including phenoxy) is 1. The van der Waals surface area contributed by atoms with Gasteiger partial charge in [0.2, 0.25) is 0 Å². The molecule has 1 aromatic rings. The summed E-state index contributed by atoms with van der Waals surface area (Å²) in [5.41, 5.74) is 6.62. The molecule has 15 heavy (non-hydrogen) atoms. The van der Waals surface area contributed by atoms with Gasteiger partial charge in [-0.15, -0.1) is 12.4 Å². The van der Waals surface area contributed by atoms with Crippen molar-refractivity contribution in [1.82, 2.24) is 0 Å². The first kappa shape index (κ1) is 13.0. The van der Waals surface area contributed by atoms with Gasteiger partial charge in [0, 0.05) is 16.6 Å².